The van der Waals surface area contributed by atoms with Gasteiger partial charge in [-0.05, 0) is 44.2 Å². The van der Waals surface area contributed by atoms with Gasteiger partial charge in [0.1, 0.15) is 11.7 Å². The van der Waals surface area contributed by atoms with Crippen molar-refractivity contribution in [3.05, 3.63) is 34.4 Å². The Bertz CT molecular complexity index is 626. The van der Waals surface area contributed by atoms with Gasteiger partial charge in [-0.2, -0.15) is 5.11 Å². The van der Waals surface area contributed by atoms with Gasteiger partial charge < -0.3 is 0 Å². The van der Waals surface area contributed by atoms with E-state index in [0.717, 1.165) is 31.6 Å². The zero-order valence-corrected chi connectivity index (χ0v) is 13.1. The number of non-ortho nitro benzene ring substituents is 1. The van der Waals surface area contributed by atoms with Crippen LogP contribution >= 0.6 is 0 Å². The van der Waals surface area contributed by atoms with E-state index in [1.807, 2.05) is 5.01 Å². The van der Waals surface area contributed by atoms with E-state index >= 15 is 0 Å². The van der Waals surface area contributed by atoms with E-state index in [9.17, 15) is 10.1 Å². The van der Waals surface area contributed by atoms with E-state index in [0.29, 0.717) is 0 Å². The maximum atomic E-state index is 10.9. The lowest BCUT2D eigenvalue weighted by atomic mass is 9.83. The van der Waals surface area contributed by atoms with Crippen LogP contribution in [0.15, 0.2) is 34.6 Å². The molecular weight excluding hydrogens is 294 g/mol. The molecule has 2 aliphatic heterocycles. The number of hydrogen-bond donors (Lipinski definition) is 0. The van der Waals surface area contributed by atoms with Crippen molar-refractivity contribution in [1.82, 2.24) is 4.90 Å². The molecule has 1 aromatic carbocycles. The van der Waals surface area contributed by atoms with Crippen molar-refractivity contribution < 1.29 is 4.92 Å². The molecular formula is C16H21N5O2. The summed E-state index contributed by atoms with van der Waals surface area (Å²) in [6, 6.07) is 6.92. The third-order valence-corrected chi connectivity index (χ3v) is 5.41. The van der Waals surface area contributed by atoms with Crippen LogP contribution in [0.1, 0.15) is 38.5 Å². The highest BCUT2D eigenvalue weighted by Crippen LogP contribution is 2.46. The second-order valence-corrected chi connectivity index (χ2v) is 6.62. The number of rotatable bonds is 3. The van der Waals surface area contributed by atoms with E-state index in [-0.39, 0.29) is 22.3 Å². The van der Waals surface area contributed by atoms with Gasteiger partial charge in [0.15, 0.2) is 0 Å². The van der Waals surface area contributed by atoms with Crippen molar-refractivity contribution in [2.45, 2.75) is 50.2 Å². The second kappa shape index (κ2) is 5.56. The van der Waals surface area contributed by atoms with Crippen LogP contribution < -0.4 is 5.01 Å². The minimum Gasteiger partial charge on any atom is -0.277 e. The maximum Gasteiger partial charge on any atom is 0.269 e. The number of nitrogens with zero attached hydrogens (tertiary/aromatic N) is 5. The predicted molar refractivity (Wildman–Crippen MR) is 86.2 cm³/mol. The Balaban J connectivity index is 1.71. The summed E-state index contributed by atoms with van der Waals surface area (Å²) in [5.74, 6) is 0. The Morgan fingerprint density at radius 3 is 2.57 bits per heavy atom. The lowest BCUT2D eigenvalue weighted by Gasteiger charge is -2.48. The molecule has 23 heavy (non-hydrogen) atoms. The summed E-state index contributed by atoms with van der Waals surface area (Å²) >= 11 is 0. The van der Waals surface area contributed by atoms with Crippen molar-refractivity contribution in [2.75, 3.05) is 18.1 Å². The Morgan fingerprint density at radius 1 is 1.13 bits per heavy atom. The van der Waals surface area contributed by atoms with E-state index in [1.54, 1.807) is 24.3 Å². The first-order valence-corrected chi connectivity index (χ1v) is 8.42. The molecule has 0 spiro atoms. The molecule has 122 valence electrons. The fraction of sp³-hybridized carbons (Fsp3) is 0.625. The molecule has 0 bridgehead atoms. The van der Waals surface area contributed by atoms with Crippen molar-refractivity contribution >= 4 is 11.4 Å². The van der Waals surface area contributed by atoms with Crippen LogP contribution in [-0.2, 0) is 0 Å². The molecule has 7 heteroatoms. The van der Waals surface area contributed by atoms with Crippen molar-refractivity contribution in [2.24, 2.45) is 10.3 Å². The molecule has 7 nitrogen and oxygen atoms in total. The minimum absolute atomic E-state index is 0.111. The molecule has 3 aliphatic rings. The molecule has 1 saturated carbocycles. The zero-order chi connectivity index (χ0) is 15.9. The molecule has 2 atom stereocenters. The summed E-state index contributed by atoms with van der Waals surface area (Å²) in [4.78, 5) is 13.0. The molecule has 0 amide bonds. The third-order valence-electron chi connectivity index (χ3n) is 5.41. The standard InChI is InChI=1S/C16H21N5O2/c22-21(23)14-8-6-13(7-9-14)20-16(19-11-3-4-12-19)10-2-1-5-15(16)17-18-20/h6-9,15H,1-5,10-12H2. The highest BCUT2D eigenvalue weighted by molar-refractivity contribution is 5.53. The van der Waals surface area contributed by atoms with E-state index in [2.05, 4.69) is 15.2 Å². The summed E-state index contributed by atoms with van der Waals surface area (Å²) in [6.07, 6.45) is 6.96. The highest BCUT2D eigenvalue weighted by atomic mass is 16.6. The molecule has 1 aliphatic carbocycles. The van der Waals surface area contributed by atoms with Crippen molar-refractivity contribution in [1.29, 1.82) is 0 Å². The average molecular weight is 315 g/mol. The summed E-state index contributed by atoms with van der Waals surface area (Å²) < 4.78 is 0. The van der Waals surface area contributed by atoms with Crippen LogP contribution in [0.4, 0.5) is 11.4 Å². The molecule has 2 fully saturated rings. The average Bonchev–Trinajstić information content (AvgIpc) is 3.23. The van der Waals surface area contributed by atoms with Gasteiger partial charge in [0.05, 0.1) is 10.6 Å². The monoisotopic (exact) mass is 315 g/mol. The molecule has 1 saturated heterocycles. The van der Waals surface area contributed by atoms with E-state index in [1.165, 1.54) is 25.7 Å². The molecule has 0 N–H and O–H groups in total. The SMILES string of the molecule is O=[N+]([O-])c1ccc(N2N=NC3CCCCC32N2CCCC2)cc1. The lowest BCUT2D eigenvalue weighted by Crippen LogP contribution is -2.63. The Hall–Kier alpha value is -2.02. The summed E-state index contributed by atoms with van der Waals surface area (Å²) in [7, 11) is 0. The van der Waals surface area contributed by atoms with Crippen LogP contribution in [-0.4, -0.2) is 34.6 Å². The number of nitro benzene ring substituents is 1. The minimum atomic E-state index is -0.366. The highest BCUT2D eigenvalue weighted by Gasteiger charge is 2.54. The van der Waals surface area contributed by atoms with E-state index in [4.69, 9.17) is 0 Å². The largest absolute Gasteiger partial charge is 0.277 e. The molecule has 0 radical (unpaired) electrons. The number of likely N-dealkylation sites (tertiary alicyclic amines) is 1. The lowest BCUT2D eigenvalue weighted by molar-refractivity contribution is -0.384. The number of anilines is 1. The number of benzene rings is 1. The van der Waals surface area contributed by atoms with Crippen LogP contribution in [0.5, 0.6) is 0 Å². The first-order chi connectivity index (χ1) is 11.2. The van der Waals surface area contributed by atoms with Gasteiger partial charge in [-0.25, -0.2) is 5.01 Å². The molecule has 1 aromatic rings. The maximum absolute atomic E-state index is 10.9. The van der Waals surface area contributed by atoms with Gasteiger partial charge in [0.25, 0.3) is 5.69 Å². The Morgan fingerprint density at radius 2 is 1.87 bits per heavy atom. The first-order valence-electron chi connectivity index (χ1n) is 8.42. The molecule has 0 aromatic heterocycles. The van der Waals surface area contributed by atoms with Gasteiger partial charge in [-0.15, -0.1) is 0 Å². The van der Waals surface area contributed by atoms with Crippen LogP contribution in [0.3, 0.4) is 0 Å². The summed E-state index contributed by atoms with van der Waals surface area (Å²) in [5, 5.41) is 22.0. The van der Waals surface area contributed by atoms with Crippen molar-refractivity contribution in [3.63, 3.8) is 0 Å². The Kier molecular flexibility index (Phi) is 3.52. The van der Waals surface area contributed by atoms with Gasteiger partial charge in [-0.1, -0.05) is 11.6 Å². The van der Waals surface area contributed by atoms with Gasteiger partial charge in [-0.3, -0.25) is 15.0 Å². The first kappa shape index (κ1) is 14.6. The molecule has 2 unspecified atom stereocenters. The predicted octanol–water partition coefficient (Wildman–Crippen LogP) is 3.52. The van der Waals surface area contributed by atoms with Gasteiger partial charge in [0.2, 0.25) is 0 Å². The van der Waals surface area contributed by atoms with Crippen LogP contribution in [0, 0.1) is 10.1 Å². The summed E-state index contributed by atoms with van der Waals surface area (Å²) in [5.41, 5.74) is 0.848. The number of hydrogen-bond acceptors (Lipinski definition) is 6. The quantitative estimate of drug-likeness (QED) is 0.632. The van der Waals surface area contributed by atoms with E-state index < -0.39 is 0 Å². The smallest absolute Gasteiger partial charge is 0.269 e. The van der Waals surface area contributed by atoms with Gasteiger partial charge in [0, 0.05) is 25.2 Å². The number of nitro groups is 1. The zero-order valence-electron chi connectivity index (χ0n) is 13.1. The summed E-state index contributed by atoms with van der Waals surface area (Å²) in [6.45, 7) is 2.18. The van der Waals surface area contributed by atoms with Crippen molar-refractivity contribution in [3.8, 4) is 0 Å². The van der Waals surface area contributed by atoms with Crippen LogP contribution in [0.25, 0.3) is 0 Å². The second-order valence-electron chi connectivity index (χ2n) is 6.62. The molecule has 4 rings (SSSR count). The molecule has 2 heterocycles. The fourth-order valence-electron chi connectivity index (χ4n) is 4.31. The third kappa shape index (κ3) is 2.22. The van der Waals surface area contributed by atoms with Gasteiger partial charge >= 0.3 is 0 Å². The normalized spacial score (nSPS) is 30.6. The topological polar surface area (TPSA) is 74.3 Å². The number of fused-ring (bicyclic) bond motifs is 1. The van der Waals surface area contributed by atoms with Crippen LogP contribution in [0.2, 0.25) is 0 Å². The fourth-order valence-corrected chi connectivity index (χ4v) is 4.31. The Labute approximate surface area is 135 Å².